The molecule has 1 rings (SSSR count). The summed E-state index contributed by atoms with van der Waals surface area (Å²) in [4.78, 5) is 9.96. The summed E-state index contributed by atoms with van der Waals surface area (Å²) in [6, 6.07) is 0. The zero-order valence-electron chi connectivity index (χ0n) is 4.64. The van der Waals surface area contributed by atoms with Crippen molar-refractivity contribution in [1.29, 1.82) is 0 Å². The molecule has 1 saturated heterocycles. The maximum atomic E-state index is 11.6. The molecule has 1 fully saturated rings. The van der Waals surface area contributed by atoms with Crippen LogP contribution in [0.1, 0.15) is 0 Å². The van der Waals surface area contributed by atoms with E-state index in [2.05, 4.69) is 9.47 Å². The highest BCUT2D eigenvalue weighted by molar-refractivity contribution is 5.61. The lowest BCUT2D eigenvalue weighted by molar-refractivity contribution is -0.193. The van der Waals surface area contributed by atoms with Crippen LogP contribution < -0.4 is 0 Å². The van der Waals surface area contributed by atoms with Crippen LogP contribution in [-0.2, 0) is 9.47 Å². The number of halogens is 3. The second kappa shape index (κ2) is 2.03. The Bertz CT molecular complexity index is 152. The van der Waals surface area contributed by atoms with Crippen LogP contribution in [0.4, 0.5) is 18.0 Å². The summed E-state index contributed by atoms with van der Waals surface area (Å²) in [5.41, 5.74) is 0. The molecule has 1 aliphatic rings. The van der Waals surface area contributed by atoms with Crippen molar-refractivity contribution < 1.29 is 27.4 Å². The lowest BCUT2D eigenvalue weighted by atomic mass is 10.4. The molecular formula is C4H3F3O3. The van der Waals surface area contributed by atoms with Gasteiger partial charge in [0.1, 0.15) is 6.61 Å². The summed E-state index contributed by atoms with van der Waals surface area (Å²) < 4.78 is 42.4. The van der Waals surface area contributed by atoms with Gasteiger partial charge in [0, 0.05) is 0 Å². The molecule has 1 unspecified atom stereocenters. The number of hydrogen-bond donors (Lipinski definition) is 0. The van der Waals surface area contributed by atoms with Crippen LogP contribution in [-0.4, -0.2) is 25.0 Å². The number of carbonyl (C=O) groups is 1. The average Bonchev–Trinajstić information content (AvgIpc) is 2.11. The Hall–Kier alpha value is -0.940. The SMILES string of the molecule is O=C1OCC(C(F)(F)F)O1. The minimum atomic E-state index is -4.51. The van der Waals surface area contributed by atoms with Crippen LogP contribution in [0, 0.1) is 0 Å². The van der Waals surface area contributed by atoms with E-state index in [4.69, 9.17) is 0 Å². The Morgan fingerprint density at radius 3 is 2.30 bits per heavy atom. The third kappa shape index (κ3) is 1.31. The minimum absolute atomic E-state index is 0.734. The fraction of sp³-hybridized carbons (Fsp3) is 0.750. The molecule has 0 aromatic heterocycles. The number of alkyl halides is 3. The normalized spacial score (nSPS) is 25.9. The number of cyclic esters (lactones) is 2. The Kier molecular flexibility index (Phi) is 1.46. The highest BCUT2D eigenvalue weighted by Crippen LogP contribution is 2.26. The quantitative estimate of drug-likeness (QED) is 0.492. The first kappa shape index (κ1) is 7.17. The van der Waals surface area contributed by atoms with Gasteiger partial charge in [0.15, 0.2) is 0 Å². The predicted octanol–water partition coefficient (Wildman–Crippen LogP) is 1.08. The van der Waals surface area contributed by atoms with E-state index in [1.54, 1.807) is 0 Å². The summed E-state index contributed by atoms with van der Waals surface area (Å²) in [6.07, 6.45) is -7.85. The third-order valence-electron chi connectivity index (χ3n) is 0.956. The predicted molar refractivity (Wildman–Crippen MR) is 22.3 cm³/mol. The largest absolute Gasteiger partial charge is 0.509 e. The molecule has 0 aromatic carbocycles. The molecule has 0 spiro atoms. The summed E-state index contributed by atoms with van der Waals surface area (Å²) in [7, 11) is 0. The van der Waals surface area contributed by atoms with Crippen LogP contribution in [0.15, 0.2) is 0 Å². The molecule has 1 atom stereocenters. The van der Waals surface area contributed by atoms with Crippen LogP contribution >= 0.6 is 0 Å². The molecule has 0 bridgehead atoms. The lowest BCUT2D eigenvalue weighted by Gasteiger charge is -2.09. The molecule has 1 heterocycles. The average molecular weight is 156 g/mol. The molecule has 0 amide bonds. The van der Waals surface area contributed by atoms with Gasteiger partial charge in [0.2, 0.25) is 6.10 Å². The smallest absolute Gasteiger partial charge is 0.430 e. The van der Waals surface area contributed by atoms with E-state index in [1.165, 1.54) is 0 Å². The van der Waals surface area contributed by atoms with E-state index in [-0.39, 0.29) is 0 Å². The van der Waals surface area contributed by atoms with Gasteiger partial charge >= 0.3 is 12.3 Å². The first-order valence-electron chi connectivity index (χ1n) is 2.40. The molecule has 3 nitrogen and oxygen atoms in total. The molecule has 0 aliphatic carbocycles. The highest BCUT2D eigenvalue weighted by Gasteiger charge is 2.47. The van der Waals surface area contributed by atoms with Gasteiger partial charge in [-0.25, -0.2) is 4.79 Å². The Morgan fingerprint density at radius 1 is 1.50 bits per heavy atom. The van der Waals surface area contributed by atoms with Crippen molar-refractivity contribution in [2.45, 2.75) is 12.3 Å². The van der Waals surface area contributed by atoms with Crippen molar-refractivity contribution in [2.75, 3.05) is 6.61 Å². The Labute approximate surface area is 53.7 Å². The molecule has 58 valence electrons. The standard InChI is InChI=1S/C4H3F3O3/c5-4(6,7)2-1-9-3(8)10-2/h2H,1H2. The van der Waals surface area contributed by atoms with Crippen LogP contribution in [0.5, 0.6) is 0 Å². The second-order valence-corrected chi connectivity index (χ2v) is 1.71. The van der Waals surface area contributed by atoms with E-state index in [0.29, 0.717) is 0 Å². The van der Waals surface area contributed by atoms with Gasteiger partial charge in [0.05, 0.1) is 0 Å². The maximum Gasteiger partial charge on any atom is 0.509 e. The number of rotatable bonds is 0. The Balaban J connectivity index is 2.53. The molecule has 1 aliphatic heterocycles. The van der Waals surface area contributed by atoms with Gasteiger partial charge in [-0.05, 0) is 0 Å². The molecule has 0 aromatic rings. The van der Waals surface area contributed by atoms with Gasteiger partial charge in [-0.15, -0.1) is 0 Å². The summed E-state index contributed by atoms with van der Waals surface area (Å²) in [5, 5.41) is 0. The topological polar surface area (TPSA) is 35.5 Å². The molecule has 0 saturated carbocycles. The van der Waals surface area contributed by atoms with Crippen LogP contribution in [0.3, 0.4) is 0 Å². The van der Waals surface area contributed by atoms with Crippen molar-refractivity contribution in [1.82, 2.24) is 0 Å². The first-order valence-corrected chi connectivity index (χ1v) is 2.40. The monoisotopic (exact) mass is 156 g/mol. The van der Waals surface area contributed by atoms with E-state index in [0.717, 1.165) is 0 Å². The molecule has 6 heteroatoms. The van der Waals surface area contributed by atoms with Crippen molar-refractivity contribution >= 4 is 6.16 Å². The summed E-state index contributed by atoms with van der Waals surface area (Å²) in [5.74, 6) is 0. The van der Waals surface area contributed by atoms with Gasteiger partial charge in [0.25, 0.3) is 0 Å². The number of ether oxygens (including phenoxy) is 2. The van der Waals surface area contributed by atoms with Gasteiger partial charge < -0.3 is 9.47 Å². The second-order valence-electron chi connectivity index (χ2n) is 1.71. The zero-order chi connectivity index (χ0) is 7.78. The van der Waals surface area contributed by atoms with Crippen molar-refractivity contribution in [2.24, 2.45) is 0 Å². The summed E-state index contributed by atoms with van der Waals surface area (Å²) >= 11 is 0. The van der Waals surface area contributed by atoms with E-state index in [1.807, 2.05) is 0 Å². The molecule has 0 N–H and O–H groups in total. The van der Waals surface area contributed by atoms with Gasteiger partial charge in [-0.3, -0.25) is 0 Å². The van der Waals surface area contributed by atoms with Crippen molar-refractivity contribution in [3.05, 3.63) is 0 Å². The van der Waals surface area contributed by atoms with Crippen molar-refractivity contribution in [3.8, 4) is 0 Å². The molecule has 10 heavy (non-hydrogen) atoms. The zero-order valence-corrected chi connectivity index (χ0v) is 4.64. The molecule has 0 radical (unpaired) electrons. The van der Waals surface area contributed by atoms with E-state index < -0.39 is 25.0 Å². The summed E-state index contributed by atoms with van der Waals surface area (Å²) in [6.45, 7) is -0.734. The minimum Gasteiger partial charge on any atom is -0.430 e. The van der Waals surface area contributed by atoms with Crippen LogP contribution in [0.2, 0.25) is 0 Å². The maximum absolute atomic E-state index is 11.6. The first-order chi connectivity index (χ1) is 4.50. The lowest BCUT2D eigenvalue weighted by Crippen LogP contribution is -2.30. The van der Waals surface area contributed by atoms with E-state index >= 15 is 0 Å². The third-order valence-corrected chi connectivity index (χ3v) is 0.956. The van der Waals surface area contributed by atoms with Gasteiger partial charge in [-0.2, -0.15) is 13.2 Å². The number of carbonyl (C=O) groups excluding carboxylic acids is 1. The highest BCUT2D eigenvalue weighted by atomic mass is 19.4. The van der Waals surface area contributed by atoms with E-state index in [9.17, 15) is 18.0 Å². The number of hydrogen-bond acceptors (Lipinski definition) is 3. The Morgan fingerprint density at radius 2 is 2.10 bits per heavy atom. The fourth-order valence-electron chi connectivity index (χ4n) is 0.489. The fourth-order valence-corrected chi connectivity index (χ4v) is 0.489. The molecular weight excluding hydrogens is 153 g/mol. The van der Waals surface area contributed by atoms with Crippen LogP contribution in [0.25, 0.3) is 0 Å². The van der Waals surface area contributed by atoms with Crippen molar-refractivity contribution in [3.63, 3.8) is 0 Å². The van der Waals surface area contributed by atoms with Gasteiger partial charge in [-0.1, -0.05) is 0 Å².